The number of ether oxygens (including phenoxy) is 1. The number of unbranched alkanes of at least 4 members (excludes halogenated alkanes) is 1. The van der Waals surface area contributed by atoms with Gasteiger partial charge in [0.05, 0.1) is 12.2 Å². The van der Waals surface area contributed by atoms with Crippen molar-refractivity contribution in [2.24, 2.45) is 0 Å². The van der Waals surface area contributed by atoms with Crippen molar-refractivity contribution >= 4 is 11.7 Å². The molecule has 1 aromatic carbocycles. The highest BCUT2D eigenvalue weighted by Crippen LogP contribution is 2.54. The molecule has 0 radical (unpaired) electrons. The smallest absolute Gasteiger partial charge is 0.435 e. The summed E-state index contributed by atoms with van der Waals surface area (Å²) in [5.74, 6) is -1.72. The predicted octanol–water partition coefficient (Wildman–Crippen LogP) is 4.98. The van der Waals surface area contributed by atoms with Gasteiger partial charge in [0.1, 0.15) is 6.67 Å². The van der Waals surface area contributed by atoms with E-state index in [0.29, 0.717) is 12.5 Å². The fourth-order valence-corrected chi connectivity index (χ4v) is 2.18. The molecule has 1 rings (SSSR count). The van der Waals surface area contributed by atoms with Crippen molar-refractivity contribution in [2.75, 3.05) is 12.3 Å². The van der Waals surface area contributed by atoms with Crippen LogP contribution in [0.1, 0.15) is 41.3 Å². The molecule has 0 spiro atoms. The molecule has 0 heterocycles. The van der Waals surface area contributed by atoms with Gasteiger partial charge in [0.25, 0.3) is 0 Å². The Bertz CT molecular complexity index is 640. The number of nitrogens with two attached hydrogens (primary N) is 1. The first-order valence-corrected chi connectivity index (χ1v) is 7.30. The van der Waals surface area contributed by atoms with E-state index in [-0.39, 0.29) is 19.1 Å². The molecule has 0 bridgehead atoms. The number of nitrogen functional groups attached to an aromatic ring is 1. The lowest BCUT2D eigenvalue weighted by Crippen LogP contribution is -2.51. The number of esters is 1. The van der Waals surface area contributed by atoms with Crippen molar-refractivity contribution < 1.29 is 44.7 Å². The van der Waals surface area contributed by atoms with Crippen LogP contribution in [0.15, 0.2) is 12.1 Å². The van der Waals surface area contributed by atoms with Crippen LogP contribution in [-0.2, 0) is 17.1 Å². The summed E-state index contributed by atoms with van der Waals surface area (Å²) in [7, 11) is 0. The van der Waals surface area contributed by atoms with Crippen molar-refractivity contribution in [1.29, 1.82) is 0 Å². The Morgan fingerprint density at radius 1 is 1.08 bits per heavy atom. The second-order valence-corrected chi connectivity index (χ2v) is 5.33. The van der Waals surface area contributed by atoms with E-state index in [0.717, 1.165) is 0 Å². The number of benzene rings is 1. The van der Waals surface area contributed by atoms with Gasteiger partial charge in [-0.05, 0) is 12.5 Å². The van der Waals surface area contributed by atoms with Crippen molar-refractivity contribution in [2.45, 2.75) is 44.5 Å². The average Bonchev–Trinajstić information content (AvgIpc) is 2.51. The second kappa shape index (κ2) is 7.67. The highest BCUT2D eigenvalue weighted by atomic mass is 19.4. The highest BCUT2D eigenvalue weighted by molar-refractivity contribution is 5.95. The van der Waals surface area contributed by atoms with Gasteiger partial charge in [-0.3, -0.25) is 0 Å². The standard InChI is InChI=1S/C15H15F8NO2/c1-2-3-6-26-12(25)11-8(7-16)10(24)5-4-9(11)13(17,14(18,19)20)15(21,22)23/h4-5H,2-3,6-7,24H2,1H3. The first kappa shape index (κ1) is 22.0. The van der Waals surface area contributed by atoms with Crippen LogP contribution in [0.3, 0.4) is 0 Å². The largest absolute Gasteiger partial charge is 0.462 e. The van der Waals surface area contributed by atoms with Gasteiger partial charge in [-0.15, -0.1) is 0 Å². The van der Waals surface area contributed by atoms with Gasteiger partial charge in [-0.1, -0.05) is 19.4 Å². The SMILES string of the molecule is CCCCOC(=O)c1c(C(F)(C(F)(F)F)C(F)(F)F)ccc(N)c1CF. The number of hydrogen-bond donors (Lipinski definition) is 1. The van der Waals surface area contributed by atoms with Gasteiger partial charge in [0.15, 0.2) is 0 Å². The minimum atomic E-state index is -6.46. The zero-order chi connectivity index (χ0) is 20.3. The van der Waals surface area contributed by atoms with Gasteiger partial charge < -0.3 is 10.5 Å². The zero-order valence-corrected chi connectivity index (χ0v) is 13.4. The Kier molecular flexibility index (Phi) is 6.48. The van der Waals surface area contributed by atoms with E-state index >= 15 is 0 Å². The summed E-state index contributed by atoms with van der Waals surface area (Å²) in [5, 5.41) is 0. The Morgan fingerprint density at radius 2 is 1.62 bits per heavy atom. The molecular formula is C15H15F8NO2. The second-order valence-electron chi connectivity index (χ2n) is 5.33. The molecule has 0 saturated heterocycles. The fraction of sp³-hybridized carbons (Fsp3) is 0.533. The maximum absolute atomic E-state index is 14.4. The molecular weight excluding hydrogens is 378 g/mol. The van der Waals surface area contributed by atoms with Crippen LogP contribution >= 0.6 is 0 Å². The van der Waals surface area contributed by atoms with Crippen molar-refractivity contribution in [1.82, 2.24) is 0 Å². The summed E-state index contributed by atoms with van der Waals surface area (Å²) in [4.78, 5) is 12.0. The van der Waals surface area contributed by atoms with E-state index in [9.17, 15) is 39.9 Å². The Balaban J connectivity index is 3.73. The molecule has 0 fully saturated rings. The normalized spacial score (nSPS) is 13.0. The Hall–Kier alpha value is -2.07. The van der Waals surface area contributed by atoms with E-state index in [1.54, 1.807) is 6.92 Å². The molecule has 0 unspecified atom stereocenters. The third-order valence-electron chi connectivity index (χ3n) is 3.57. The molecule has 0 aliphatic carbocycles. The first-order chi connectivity index (χ1) is 11.8. The van der Waals surface area contributed by atoms with E-state index in [4.69, 9.17) is 5.73 Å². The van der Waals surface area contributed by atoms with Crippen LogP contribution in [0.4, 0.5) is 40.8 Å². The number of hydrogen-bond acceptors (Lipinski definition) is 3. The molecule has 11 heteroatoms. The maximum atomic E-state index is 14.4. The summed E-state index contributed by atoms with van der Waals surface area (Å²) < 4.78 is 110. The molecule has 1 aromatic rings. The lowest BCUT2D eigenvalue weighted by Gasteiger charge is -2.32. The van der Waals surface area contributed by atoms with Gasteiger partial charge in [0, 0.05) is 16.8 Å². The molecule has 26 heavy (non-hydrogen) atoms. The minimum Gasteiger partial charge on any atom is -0.462 e. The van der Waals surface area contributed by atoms with Crippen LogP contribution in [0.5, 0.6) is 0 Å². The van der Waals surface area contributed by atoms with E-state index < -0.39 is 53.0 Å². The Labute approximate surface area is 143 Å². The molecule has 0 aliphatic rings. The summed E-state index contributed by atoms with van der Waals surface area (Å²) in [5.41, 5.74) is -5.81. The first-order valence-electron chi connectivity index (χ1n) is 7.30. The molecule has 0 atom stereocenters. The van der Waals surface area contributed by atoms with Crippen LogP contribution in [0, 0.1) is 0 Å². The maximum Gasteiger partial charge on any atom is 0.435 e. The quantitative estimate of drug-likeness (QED) is 0.321. The van der Waals surface area contributed by atoms with Gasteiger partial charge in [-0.25, -0.2) is 13.6 Å². The molecule has 0 saturated carbocycles. The third kappa shape index (κ3) is 3.85. The predicted molar refractivity (Wildman–Crippen MR) is 75.8 cm³/mol. The molecule has 0 aromatic heterocycles. The van der Waals surface area contributed by atoms with Crippen LogP contribution in [0.2, 0.25) is 0 Å². The van der Waals surface area contributed by atoms with Crippen LogP contribution in [0.25, 0.3) is 0 Å². The summed E-state index contributed by atoms with van der Waals surface area (Å²) in [6.07, 6.45) is -12.2. The molecule has 0 aliphatic heterocycles. The number of anilines is 1. The molecule has 3 nitrogen and oxygen atoms in total. The number of carbonyl (C=O) groups excluding carboxylic acids is 1. The minimum absolute atomic E-state index is 0.0614. The molecule has 148 valence electrons. The summed E-state index contributed by atoms with van der Waals surface area (Å²) in [6.45, 7) is -0.372. The number of rotatable bonds is 6. The number of alkyl halides is 8. The summed E-state index contributed by atoms with van der Waals surface area (Å²) >= 11 is 0. The number of carbonyl (C=O) groups is 1. The summed E-state index contributed by atoms with van der Waals surface area (Å²) in [6, 6.07) is 0.533. The molecule has 0 amide bonds. The van der Waals surface area contributed by atoms with E-state index in [1.165, 1.54) is 0 Å². The zero-order valence-electron chi connectivity index (χ0n) is 13.4. The fourth-order valence-electron chi connectivity index (χ4n) is 2.18. The lowest BCUT2D eigenvalue weighted by molar-refractivity contribution is -0.348. The topological polar surface area (TPSA) is 52.3 Å². The van der Waals surface area contributed by atoms with Crippen LogP contribution < -0.4 is 5.73 Å². The van der Waals surface area contributed by atoms with Gasteiger partial charge in [-0.2, -0.15) is 26.3 Å². The van der Waals surface area contributed by atoms with Crippen molar-refractivity contribution in [3.05, 3.63) is 28.8 Å². The van der Waals surface area contributed by atoms with Crippen molar-refractivity contribution in [3.8, 4) is 0 Å². The van der Waals surface area contributed by atoms with Gasteiger partial charge >= 0.3 is 24.0 Å². The molecule has 2 N–H and O–H groups in total. The van der Waals surface area contributed by atoms with Crippen LogP contribution in [-0.4, -0.2) is 24.9 Å². The average molecular weight is 393 g/mol. The number of halogens is 8. The van der Waals surface area contributed by atoms with Gasteiger partial charge in [0.2, 0.25) is 0 Å². The van der Waals surface area contributed by atoms with E-state index in [1.807, 2.05) is 0 Å². The highest BCUT2D eigenvalue weighted by Gasteiger charge is 2.74. The monoisotopic (exact) mass is 393 g/mol. The van der Waals surface area contributed by atoms with Crippen molar-refractivity contribution in [3.63, 3.8) is 0 Å². The third-order valence-corrected chi connectivity index (χ3v) is 3.57. The lowest BCUT2D eigenvalue weighted by atomic mass is 9.87. The Morgan fingerprint density at radius 3 is 2.04 bits per heavy atom. The van der Waals surface area contributed by atoms with E-state index in [2.05, 4.69) is 4.74 Å².